The van der Waals surface area contributed by atoms with Crippen molar-refractivity contribution in [2.24, 2.45) is 0 Å². The minimum Gasteiger partial charge on any atom is -0.497 e. The summed E-state index contributed by atoms with van der Waals surface area (Å²) in [6.45, 7) is 4.33. The number of hydrogen-bond donors (Lipinski definition) is 1. The van der Waals surface area contributed by atoms with Gasteiger partial charge < -0.3 is 19.4 Å². The van der Waals surface area contributed by atoms with Gasteiger partial charge in [-0.15, -0.1) is 0 Å². The number of nitrogens with one attached hydrogen (secondary N) is 1. The molecular formula is C30H35N3O3. The Balaban J connectivity index is 1.28. The van der Waals surface area contributed by atoms with Crippen LogP contribution in [-0.4, -0.2) is 35.7 Å². The lowest BCUT2D eigenvalue weighted by molar-refractivity contribution is 0.0952. The van der Waals surface area contributed by atoms with Crippen molar-refractivity contribution in [3.05, 3.63) is 89.7 Å². The number of aromatic nitrogens is 2. The van der Waals surface area contributed by atoms with Gasteiger partial charge in [-0.1, -0.05) is 37.3 Å². The van der Waals surface area contributed by atoms with E-state index in [1.54, 1.807) is 19.2 Å². The van der Waals surface area contributed by atoms with Gasteiger partial charge >= 0.3 is 0 Å². The lowest BCUT2D eigenvalue weighted by Gasteiger charge is -2.11. The number of carbonyl (C=O) groups is 1. The highest BCUT2D eigenvalue weighted by molar-refractivity contribution is 5.94. The molecule has 0 spiro atoms. The smallest absolute Gasteiger partial charge is 0.251 e. The largest absolute Gasteiger partial charge is 0.497 e. The van der Waals surface area contributed by atoms with Gasteiger partial charge in [-0.25, -0.2) is 4.98 Å². The number of methoxy groups -OCH3 is 1. The van der Waals surface area contributed by atoms with Crippen molar-refractivity contribution in [2.75, 3.05) is 20.3 Å². The van der Waals surface area contributed by atoms with Crippen molar-refractivity contribution in [2.45, 2.75) is 45.6 Å². The Morgan fingerprint density at radius 3 is 2.58 bits per heavy atom. The zero-order valence-electron chi connectivity index (χ0n) is 21.2. The number of imidazole rings is 1. The molecule has 0 fully saturated rings. The van der Waals surface area contributed by atoms with Gasteiger partial charge in [-0.3, -0.25) is 4.79 Å². The minimum absolute atomic E-state index is 0.0910. The van der Waals surface area contributed by atoms with E-state index in [0.29, 0.717) is 24.5 Å². The molecule has 4 rings (SSSR count). The number of unbranched alkanes of at least 4 members (excludes halogenated alkanes) is 1. The Kier molecular flexibility index (Phi) is 8.98. The molecule has 6 heteroatoms. The summed E-state index contributed by atoms with van der Waals surface area (Å²) in [6.07, 6.45) is 4.63. The topological polar surface area (TPSA) is 65.4 Å². The first-order valence-corrected chi connectivity index (χ1v) is 12.8. The van der Waals surface area contributed by atoms with Gasteiger partial charge in [0, 0.05) is 25.1 Å². The van der Waals surface area contributed by atoms with Gasteiger partial charge in [0.2, 0.25) is 0 Å². The fourth-order valence-electron chi connectivity index (χ4n) is 4.26. The highest BCUT2D eigenvalue weighted by Crippen LogP contribution is 2.19. The number of benzene rings is 3. The SMILES string of the molecule is CCc1ccc(OCCCCn2c(CCCNC(=O)c3cccc(OC)c3)nc3ccccc32)cc1. The molecule has 1 amide bonds. The molecule has 0 unspecified atom stereocenters. The minimum atomic E-state index is -0.0910. The fourth-order valence-corrected chi connectivity index (χ4v) is 4.26. The summed E-state index contributed by atoms with van der Waals surface area (Å²) in [5.41, 5.74) is 4.09. The fraction of sp³-hybridized carbons (Fsp3) is 0.333. The molecule has 3 aromatic carbocycles. The van der Waals surface area contributed by atoms with Crippen molar-refractivity contribution in [3.63, 3.8) is 0 Å². The predicted molar refractivity (Wildman–Crippen MR) is 144 cm³/mol. The van der Waals surface area contributed by atoms with Gasteiger partial charge in [0.1, 0.15) is 17.3 Å². The Hall–Kier alpha value is -3.80. The summed E-state index contributed by atoms with van der Waals surface area (Å²) in [4.78, 5) is 17.3. The van der Waals surface area contributed by atoms with Crippen LogP contribution in [0.4, 0.5) is 0 Å². The number of amides is 1. The number of fused-ring (bicyclic) bond motifs is 1. The molecule has 6 nitrogen and oxygen atoms in total. The Morgan fingerprint density at radius 1 is 0.944 bits per heavy atom. The standard InChI is InChI=1S/C30H35N3O3/c1-3-23-15-17-25(18-16-23)36-21-7-6-20-33-28-13-5-4-12-27(28)32-29(33)14-9-19-31-30(34)24-10-8-11-26(22-24)35-2/h4-5,8,10-13,15-18,22H,3,6-7,9,14,19-21H2,1-2H3,(H,31,34). The van der Waals surface area contributed by atoms with Gasteiger partial charge in [-0.2, -0.15) is 0 Å². The van der Waals surface area contributed by atoms with Crippen LogP contribution in [0.25, 0.3) is 11.0 Å². The number of carbonyl (C=O) groups excluding carboxylic acids is 1. The number of para-hydroxylation sites is 2. The molecule has 36 heavy (non-hydrogen) atoms. The van der Waals surface area contributed by atoms with Crippen LogP contribution in [0.2, 0.25) is 0 Å². The summed E-state index contributed by atoms with van der Waals surface area (Å²) < 4.78 is 13.4. The number of nitrogens with zero attached hydrogens (tertiary/aromatic N) is 2. The van der Waals surface area contributed by atoms with Crippen molar-refractivity contribution in [1.29, 1.82) is 0 Å². The lowest BCUT2D eigenvalue weighted by atomic mass is 10.2. The zero-order valence-corrected chi connectivity index (χ0v) is 21.2. The van der Waals surface area contributed by atoms with E-state index in [9.17, 15) is 4.79 Å². The molecule has 1 aromatic heterocycles. The lowest BCUT2D eigenvalue weighted by Crippen LogP contribution is -2.25. The highest BCUT2D eigenvalue weighted by Gasteiger charge is 2.11. The number of aryl methyl sites for hydroxylation is 3. The van der Waals surface area contributed by atoms with E-state index in [0.717, 1.165) is 61.3 Å². The van der Waals surface area contributed by atoms with E-state index < -0.39 is 0 Å². The molecule has 0 radical (unpaired) electrons. The zero-order chi connectivity index (χ0) is 25.2. The number of rotatable bonds is 13. The molecule has 1 N–H and O–H groups in total. The Morgan fingerprint density at radius 2 is 1.78 bits per heavy atom. The number of hydrogen-bond acceptors (Lipinski definition) is 4. The van der Waals surface area contributed by atoms with Gasteiger partial charge in [0.05, 0.1) is 24.8 Å². The number of ether oxygens (including phenoxy) is 2. The van der Waals surface area contributed by atoms with Crippen LogP contribution in [0.1, 0.15) is 47.9 Å². The second kappa shape index (κ2) is 12.8. The van der Waals surface area contributed by atoms with Crippen LogP contribution in [0, 0.1) is 0 Å². The van der Waals surface area contributed by atoms with Crippen LogP contribution in [0.15, 0.2) is 72.8 Å². The van der Waals surface area contributed by atoms with E-state index in [4.69, 9.17) is 14.5 Å². The summed E-state index contributed by atoms with van der Waals surface area (Å²) in [7, 11) is 1.60. The molecule has 0 aliphatic carbocycles. The second-order valence-corrected chi connectivity index (χ2v) is 8.81. The van der Waals surface area contributed by atoms with E-state index in [-0.39, 0.29) is 5.91 Å². The molecule has 0 saturated heterocycles. The van der Waals surface area contributed by atoms with Crippen molar-refractivity contribution < 1.29 is 14.3 Å². The molecular weight excluding hydrogens is 450 g/mol. The normalized spacial score (nSPS) is 10.9. The van der Waals surface area contributed by atoms with Crippen LogP contribution >= 0.6 is 0 Å². The third-order valence-corrected chi connectivity index (χ3v) is 6.30. The van der Waals surface area contributed by atoms with Crippen molar-refractivity contribution in [1.82, 2.24) is 14.9 Å². The summed E-state index contributed by atoms with van der Waals surface area (Å²) in [6, 6.07) is 23.8. The first-order chi connectivity index (χ1) is 17.7. The average Bonchev–Trinajstić information content (AvgIpc) is 3.28. The maximum Gasteiger partial charge on any atom is 0.251 e. The third kappa shape index (κ3) is 6.66. The first kappa shape index (κ1) is 25.3. The molecule has 0 bridgehead atoms. The third-order valence-electron chi connectivity index (χ3n) is 6.30. The van der Waals surface area contributed by atoms with E-state index in [2.05, 4.69) is 47.1 Å². The summed E-state index contributed by atoms with van der Waals surface area (Å²) in [5, 5.41) is 3.01. The van der Waals surface area contributed by atoms with Gasteiger partial charge in [-0.05, 0) is 73.7 Å². The van der Waals surface area contributed by atoms with Crippen LogP contribution in [-0.2, 0) is 19.4 Å². The Bertz CT molecular complexity index is 1260. The highest BCUT2D eigenvalue weighted by atomic mass is 16.5. The molecule has 0 aliphatic heterocycles. The van der Waals surface area contributed by atoms with Crippen molar-refractivity contribution in [3.8, 4) is 11.5 Å². The quantitative estimate of drug-likeness (QED) is 0.242. The van der Waals surface area contributed by atoms with Gasteiger partial charge in [0.15, 0.2) is 0 Å². The predicted octanol–water partition coefficient (Wildman–Crippen LogP) is 5.83. The van der Waals surface area contributed by atoms with E-state index in [1.807, 2.05) is 30.3 Å². The second-order valence-electron chi connectivity index (χ2n) is 8.81. The van der Waals surface area contributed by atoms with E-state index in [1.165, 1.54) is 5.56 Å². The molecule has 0 saturated carbocycles. The maximum absolute atomic E-state index is 12.5. The molecule has 0 atom stereocenters. The van der Waals surface area contributed by atoms with Crippen LogP contribution < -0.4 is 14.8 Å². The molecule has 4 aromatic rings. The van der Waals surface area contributed by atoms with Gasteiger partial charge in [0.25, 0.3) is 5.91 Å². The molecule has 1 heterocycles. The first-order valence-electron chi connectivity index (χ1n) is 12.8. The Labute approximate surface area is 213 Å². The summed E-state index contributed by atoms with van der Waals surface area (Å²) in [5.74, 6) is 2.57. The van der Waals surface area contributed by atoms with Crippen LogP contribution in [0.5, 0.6) is 11.5 Å². The average molecular weight is 486 g/mol. The summed E-state index contributed by atoms with van der Waals surface area (Å²) >= 11 is 0. The van der Waals surface area contributed by atoms with Crippen LogP contribution in [0.3, 0.4) is 0 Å². The van der Waals surface area contributed by atoms with E-state index >= 15 is 0 Å². The monoisotopic (exact) mass is 485 g/mol. The molecule has 0 aliphatic rings. The molecule has 188 valence electrons. The maximum atomic E-state index is 12.5. The van der Waals surface area contributed by atoms with Crippen molar-refractivity contribution >= 4 is 16.9 Å².